The molecule has 2 atom stereocenters. The number of carbonyl (C=O) groups is 1. The average molecular weight is 449 g/mol. The number of rotatable bonds is 4. The molecule has 7 nitrogen and oxygen atoms in total. The van der Waals surface area contributed by atoms with Gasteiger partial charge in [0.25, 0.3) is 0 Å². The highest BCUT2D eigenvalue weighted by Crippen LogP contribution is 2.51. The molecule has 0 saturated carbocycles. The summed E-state index contributed by atoms with van der Waals surface area (Å²) in [5.74, 6) is 2.40. The summed E-state index contributed by atoms with van der Waals surface area (Å²) in [6.07, 6.45) is 0.570. The SMILES string of the molecule is COc1ccc(N2C(=O)NC3C[C@]2(C)Oc2c(OC)cc(Br)cc23)c(OC)c1. The quantitative estimate of drug-likeness (QED) is 0.756. The second kappa shape index (κ2) is 6.77. The number of carbonyl (C=O) groups excluding carboxylic acids is 1. The van der Waals surface area contributed by atoms with E-state index < -0.39 is 5.72 Å². The molecule has 0 aliphatic carbocycles. The van der Waals surface area contributed by atoms with Crippen molar-refractivity contribution in [1.82, 2.24) is 5.32 Å². The van der Waals surface area contributed by atoms with Crippen LogP contribution < -0.4 is 29.2 Å². The van der Waals surface area contributed by atoms with E-state index in [4.69, 9.17) is 18.9 Å². The number of methoxy groups -OCH3 is 3. The Kier molecular flexibility index (Phi) is 4.53. The highest BCUT2D eigenvalue weighted by molar-refractivity contribution is 9.10. The molecule has 28 heavy (non-hydrogen) atoms. The fraction of sp³-hybridized carbons (Fsp3) is 0.350. The van der Waals surface area contributed by atoms with Gasteiger partial charge in [-0.15, -0.1) is 0 Å². The third-order valence-electron chi connectivity index (χ3n) is 5.15. The zero-order chi connectivity index (χ0) is 20.1. The smallest absolute Gasteiger partial charge is 0.325 e. The van der Waals surface area contributed by atoms with Gasteiger partial charge in [0.1, 0.15) is 11.5 Å². The summed E-state index contributed by atoms with van der Waals surface area (Å²) in [5.41, 5.74) is 0.572. The van der Waals surface area contributed by atoms with Crippen LogP contribution in [-0.2, 0) is 0 Å². The number of amides is 2. The Morgan fingerprint density at radius 2 is 1.89 bits per heavy atom. The Labute approximate surface area is 171 Å². The number of urea groups is 1. The second-order valence-electron chi connectivity index (χ2n) is 6.88. The maximum atomic E-state index is 13.1. The van der Waals surface area contributed by atoms with Crippen molar-refractivity contribution in [2.45, 2.75) is 25.1 Å². The first kappa shape index (κ1) is 18.7. The van der Waals surface area contributed by atoms with Crippen molar-refractivity contribution in [1.29, 1.82) is 0 Å². The van der Waals surface area contributed by atoms with Crippen LogP contribution in [0.1, 0.15) is 24.9 Å². The molecule has 2 heterocycles. The van der Waals surface area contributed by atoms with E-state index in [-0.39, 0.29) is 12.1 Å². The minimum absolute atomic E-state index is 0.187. The largest absolute Gasteiger partial charge is 0.497 e. The summed E-state index contributed by atoms with van der Waals surface area (Å²) >= 11 is 3.49. The number of benzene rings is 2. The number of anilines is 1. The van der Waals surface area contributed by atoms with Gasteiger partial charge in [-0.2, -0.15) is 0 Å². The van der Waals surface area contributed by atoms with Crippen LogP contribution >= 0.6 is 15.9 Å². The number of nitrogens with one attached hydrogen (secondary N) is 1. The fourth-order valence-corrected chi connectivity index (χ4v) is 4.34. The van der Waals surface area contributed by atoms with Gasteiger partial charge in [0, 0.05) is 22.5 Å². The molecule has 2 amide bonds. The number of fused-ring (bicyclic) bond motifs is 4. The van der Waals surface area contributed by atoms with Gasteiger partial charge in [-0.05, 0) is 31.2 Å². The number of ether oxygens (including phenoxy) is 4. The zero-order valence-corrected chi connectivity index (χ0v) is 17.6. The van der Waals surface area contributed by atoms with E-state index in [0.717, 1.165) is 10.0 Å². The lowest BCUT2D eigenvalue weighted by molar-refractivity contribution is 0.0345. The lowest BCUT2D eigenvalue weighted by atomic mass is 9.89. The van der Waals surface area contributed by atoms with Gasteiger partial charge in [-0.1, -0.05) is 15.9 Å². The van der Waals surface area contributed by atoms with E-state index in [0.29, 0.717) is 35.1 Å². The van der Waals surface area contributed by atoms with E-state index in [9.17, 15) is 4.79 Å². The summed E-state index contributed by atoms with van der Waals surface area (Å²) in [5, 5.41) is 3.08. The molecular formula is C20H21BrN2O5. The van der Waals surface area contributed by atoms with E-state index in [1.54, 1.807) is 44.4 Å². The average Bonchev–Trinajstić information content (AvgIpc) is 2.67. The molecule has 1 N–H and O–H groups in total. The van der Waals surface area contributed by atoms with Gasteiger partial charge in [0.2, 0.25) is 0 Å². The molecule has 2 aliphatic rings. The van der Waals surface area contributed by atoms with Gasteiger partial charge in [0.05, 0.1) is 33.1 Å². The molecule has 0 spiro atoms. The first-order chi connectivity index (χ1) is 13.4. The van der Waals surface area contributed by atoms with Crippen LogP contribution in [0.2, 0.25) is 0 Å². The molecule has 4 rings (SSSR count). The summed E-state index contributed by atoms with van der Waals surface area (Å²) < 4.78 is 23.6. The summed E-state index contributed by atoms with van der Waals surface area (Å²) in [7, 11) is 4.74. The zero-order valence-electron chi connectivity index (χ0n) is 16.0. The maximum Gasteiger partial charge on any atom is 0.325 e. The normalized spacial score (nSPS) is 22.7. The van der Waals surface area contributed by atoms with Crippen molar-refractivity contribution < 1.29 is 23.7 Å². The van der Waals surface area contributed by atoms with Gasteiger partial charge >= 0.3 is 6.03 Å². The van der Waals surface area contributed by atoms with Crippen molar-refractivity contribution in [2.75, 3.05) is 26.2 Å². The van der Waals surface area contributed by atoms with Crippen LogP contribution in [0, 0.1) is 0 Å². The first-order valence-electron chi connectivity index (χ1n) is 8.79. The van der Waals surface area contributed by atoms with Crippen molar-refractivity contribution in [3.63, 3.8) is 0 Å². The van der Waals surface area contributed by atoms with Crippen LogP contribution in [0.15, 0.2) is 34.8 Å². The van der Waals surface area contributed by atoms with Gasteiger partial charge < -0.3 is 24.3 Å². The van der Waals surface area contributed by atoms with E-state index >= 15 is 0 Å². The van der Waals surface area contributed by atoms with Crippen molar-refractivity contribution in [2.24, 2.45) is 0 Å². The highest BCUT2D eigenvalue weighted by atomic mass is 79.9. The predicted octanol–water partition coefficient (Wildman–Crippen LogP) is 4.24. The summed E-state index contributed by atoms with van der Waals surface area (Å²) in [4.78, 5) is 14.7. The lowest BCUT2D eigenvalue weighted by Gasteiger charge is -2.50. The summed E-state index contributed by atoms with van der Waals surface area (Å²) in [6, 6.07) is 8.68. The molecule has 2 aromatic carbocycles. The number of halogens is 1. The van der Waals surface area contributed by atoms with Crippen molar-refractivity contribution in [3.05, 3.63) is 40.4 Å². The Bertz CT molecular complexity index is 950. The van der Waals surface area contributed by atoms with Gasteiger partial charge in [-0.25, -0.2) is 4.79 Å². The van der Waals surface area contributed by atoms with Crippen LogP contribution in [0.5, 0.6) is 23.0 Å². The van der Waals surface area contributed by atoms with Crippen LogP contribution in [0.25, 0.3) is 0 Å². The summed E-state index contributed by atoms with van der Waals surface area (Å²) in [6.45, 7) is 1.90. The third kappa shape index (κ3) is 2.83. The number of hydrogen-bond acceptors (Lipinski definition) is 5. The molecule has 2 aromatic rings. The Morgan fingerprint density at radius 3 is 2.57 bits per heavy atom. The molecule has 148 valence electrons. The van der Waals surface area contributed by atoms with Crippen molar-refractivity contribution in [3.8, 4) is 23.0 Å². The molecule has 2 bridgehead atoms. The highest BCUT2D eigenvalue weighted by Gasteiger charge is 2.51. The molecule has 0 aromatic heterocycles. The number of hydrogen-bond donors (Lipinski definition) is 1. The van der Waals surface area contributed by atoms with E-state index in [1.165, 1.54) is 0 Å². The fourth-order valence-electron chi connectivity index (χ4n) is 3.89. The molecule has 1 fully saturated rings. The van der Waals surface area contributed by atoms with Crippen LogP contribution in [-0.4, -0.2) is 33.1 Å². The second-order valence-corrected chi connectivity index (χ2v) is 7.80. The molecule has 1 saturated heterocycles. The molecule has 0 radical (unpaired) electrons. The minimum Gasteiger partial charge on any atom is -0.497 e. The van der Waals surface area contributed by atoms with Crippen LogP contribution in [0.4, 0.5) is 10.5 Å². The molecule has 1 unspecified atom stereocenters. The number of nitrogens with zero attached hydrogens (tertiary/aromatic N) is 1. The molecule has 2 aliphatic heterocycles. The van der Waals surface area contributed by atoms with E-state index in [1.807, 2.05) is 19.1 Å². The maximum absolute atomic E-state index is 13.1. The van der Waals surface area contributed by atoms with Crippen molar-refractivity contribution >= 4 is 27.6 Å². The lowest BCUT2D eigenvalue weighted by Crippen LogP contribution is -2.65. The monoisotopic (exact) mass is 448 g/mol. The first-order valence-corrected chi connectivity index (χ1v) is 9.58. The van der Waals surface area contributed by atoms with Crippen LogP contribution in [0.3, 0.4) is 0 Å². The standard InChI is InChI=1S/C20H21BrN2O5/c1-20-10-14(13-7-11(21)8-17(27-4)18(13)28-20)22-19(24)23(20)15-6-5-12(25-2)9-16(15)26-3/h5-9,14H,10H2,1-4H3,(H,22,24)/t14?,20-/m0/s1. The van der Waals surface area contributed by atoms with Gasteiger partial charge in [0.15, 0.2) is 17.2 Å². The Balaban J connectivity index is 1.83. The minimum atomic E-state index is -0.914. The third-order valence-corrected chi connectivity index (χ3v) is 5.61. The Morgan fingerprint density at radius 1 is 1.14 bits per heavy atom. The molecule has 8 heteroatoms. The predicted molar refractivity (Wildman–Crippen MR) is 108 cm³/mol. The van der Waals surface area contributed by atoms with Gasteiger partial charge in [-0.3, -0.25) is 4.90 Å². The van der Waals surface area contributed by atoms with E-state index in [2.05, 4.69) is 21.2 Å². The Hall–Kier alpha value is -2.61. The molecular weight excluding hydrogens is 428 g/mol. The topological polar surface area (TPSA) is 69.3 Å².